The molecular formula is C21H22N4O2. The summed E-state index contributed by atoms with van der Waals surface area (Å²) >= 11 is 0. The van der Waals surface area contributed by atoms with Crippen molar-refractivity contribution >= 4 is 17.4 Å². The molecule has 1 amide bonds. The van der Waals surface area contributed by atoms with Crippen molar-refractivity contribution in [3.05, 3.63) is 84.1 Å². The molecule has 3 aromatic rings. The summed E-state index contributed by atoms with van der Waals surface area (Å²) in [6.07, 6.45) is 1.44. The van der Waals surface area contributed by atoms with Crippen molar-refractivity contribution in [1.29, 1.82) is 0 Å². The molecule has 1 unspecified atom stereocenters. The standard InChI is InChI=1S/C21H22N4O2/c26-15-7-12-18(16-8-3-1-4-9-16)23-20-14-13-19(24-25-20)21(27)22-17-10-5-2-6-11-17/h1-6,8-11,13-14,18,26H,7,12,15H2,(H,22,27)(H,23,25). The van der Waals surface area contributed by atoms with Gasteiger partial charge in [0, 0.05) is 12.3 Å². The maximum Gasteiger partial charge on any atom is 0.276 e. The van der Waals surface area contributed by atoms with Gasteiger partial charge in [0.05, 0.1) is 6.04 Å². The SMILES string of the molecule is O=C(Nc1ccccc1)c1ccc(NC(CCCO)c2ccccc2)nn1. The van der Waals surface area contributed by atoms with Crippen molar-refractivity contribution in [3.63, 3.8) is 0 Å². The second-order valence-corrected chi connectivity index (χ2v) is 6.10. The Morgan fingerprint density at radius 3 is 2.26 bits per heavy atom. The second-order valence-electron chi connectivity index (χ2n) is 6.10. The Labute approximate surface area is 158 Å². The zero-order valence-electron chi connectivity index (χ0n) is 14.9. The Balaban J connectivity index is 1.67. The molecule has 1 atom stereocenters. The summed E-state index contributed by atoms with van der Waals surface area (Å²) in [5.74, 6) is 0.276. The molecule has 0 saturated carbocycles. The van der Waals surface area contributed by atoms with Crippen LogP contribution in [0.1, 0.15) is 34.9 Å². The molecule has 0 fully saturated rings. The third-order valence-electron chi connectivity index (χ3n) is 4.10. The number of nitrogens with zero attached hydrogens (tertiary/aromatic N) is 2. The van der Waals surface area contributed by atoms with E-state index in [1.807, 2.05) is 60.7 Å². The first kappa shape index (κ1) is 18.5. The summed E-state index contributed by atoms with van der Waals surface area (Å²) in [7, 11) is 0. The van der Waals surface area contributed by atoms with Crippen LogP contribution in [0.5, 0.6) is 0 Å². The molecule has 2 aromatic carbocycles. The zero-order chi connectivity index (χ0) is 18.9. The van der Waals surface area contributed by atoms with E-state index in [9.17, 15) is 4.79 Å². The monoisotopic (exact) mass is 362 g/mol. The molecule has 0 saturated heterocycles. The number of anilines is 2. The number of para-hydroxylation sites is 1. The zero-order valence-corrected chi connectivity index (χ0v) is 14.9. The molecule has 0 bridgehead atoms. The largest absolute Gasteiger partial charge is 0.396 e. The summed E-state index contributed by atoms with van der Waals surface area (Å²) < 4.78 is 0. The van der Waals surface area contributed by atoms with Crippen LogP contribution in [0.2, 0.25) is 0 Å². The molecule has 3 N–H and O–H groups in total. The minimum absolute atomic E-state index is 0.0108. The number of benzene rings is 2. The minimum atomic E-state index is -0.305. The van der Waals surface area contributed by atoms with Crippen molar-refractivity contribution in [2.75, 3.05) is 17.2 Å². The summed E-state index contributed by atoms with van der Waals surface area (Å²) in [4.78, 5) is 12.2. The van der Waals surface area contributed by atoms with Gasteiger partial charge in [0.2, 0.25) is 0 Å². The maximum atomic E-state index is 12.2. The van der Waals surface area contributed by atoms with E-state index in [2.05, 4.69) is 20.8 Å². The fourth-order valence-corrected chi connectivity index (χ4v) is 2.73. The second kappa shape index (κ2) is 9.45. The van der Waals surface area contributed by atoms with E-state index >= 15 is 0 Å². The van der Waals surface area contributed by atoms with Crippen molar-refractivity contribution in [3.8, 4) is 0 Å². The van der Waals surface area contributed by atoms with E-state index in [0.717, 1.165) is 12.0 Å². The van der Waals surface area contributed by atoms with Crippen molar-refractivity contribution in [1.82, 2.24) is 10.2 Å². The van der Waals surface area contributed by atoms with E-state index in [1.54, 1.807) is 12.1 Å². The fourth-order valence-electron chi connectivity index (χ4n) is 2.73. The molecular weight excluding hydrogens is 340 g/mol. The molecule has 6 nitrogen and oxygen atoms in total. The lowest BCUT2D eigenvalue weighted by Crippen LogP contribution is -2.16. The van der Waals surface area contributed by atoms with E-state index < -0.39 is 0 Å². The Morgan fingerprint density at radius 2 is 1.63 bits per heavy atom. The summed E-state index contributed by atoms with van der Waals surface area (Å²) in [5, 5.41) is 23.4. The molecule has 6 heteroatoms. The van der Waals surface area contributed by atoms with Gasteiger partial charge in [-0.25, -0.2) is 0 Å². The van der Waals surface area contributed by atoms with Gasteiger partial charge in [-0.2, -0.15) is 0 Å². The van der Waals surface area contributed by atoms with Crippen molar-refractivity contribution in [2.24, 2.45) is 0 Å². The molecule has 3 rings (SSSR count). The van der Waals surface area contributed by atoms with E-state index in [0.29, 0.717) is 17.9 Å². The Hall–Kier alpha value is -3.25. The highest BCUT2D eigenvalue weighted by Gasteiger charge is 2.13. The summed E-state index contributed by atoms with van der Waals surface area (Å²) in [5.41, 5.74) is 2.06. The first-order valence-electron chi connectivity index (χ1n) is 8.89. The predicted octanol–water partition coefficient (Wildman–Crippen LogP) is 3.65. The van der Waals surface area contributed by atoms with Gasteiger partial charge in [0.1, 0.15) is 5.82 Å². The molecule has 0 aliphatic heterocycles. The third kappa shape index (κ3) is 5.36. The third-order valence-corrected chi connectivity index (χ3v) is 4.10. The number of aromatic nitrogens is 2. The highest BCUT2D eigenvalue weighted by atomic mass is 16.2. The maximum absolute atomic E-state index is 12.2. The first-order valence-corrected chi connectivity index (χ1v) is 8.89. The number of rotatable bonds is 8. The van der Waals surface area contributed by atoms with Crippen LogP contribution in [0, 0.1) is 0 Å². The van der Waals surface area contributed by atoms with Crippen LogP contribution in [0.3, 0.4) is 0 Å². The van der Waals surface area contributed by atoms with Gasteiger partial charge in [-0.15, -0.1) is 10.2 Å². The van der Waals surface area contributed by atoms with E-state index in [1.165, 1.54) is 0 Å². The normalized spacial score (nSPS) is 11.6. The number of hydrogen-bond donors (Lipinski definition) is 3. The Bertz CT molecular complexity index is 839. The van der Waals surface area contributed by atoms with Crippen LogP contribution in [0.15, 0.2) is 72.8 Å². The Kier molecular flexibility index (Phi) is 6.49. The van der Waals surface area contributed by atoms with Gasteiger partial charge in [-0.05, 0) is 42.7 Å². The van der Waals surface area contributed by atoms with Crippen LogP contribution in [0.25, 0.3) is 0 Å². The molecule has 0 radical (unpaired) electrons. The van der Waals surface area contributed by atoms with Crippen LogP contribution < -0.4 is 10.6 Å². The smallest absolute Gasteiger partial charge is 0.276 e. The lowest BCUT2D eigenvalue weighted by Gasteiger charge is -2.19. The van der Waals surface area contributed by atoms with Gasteiger partial charge < -0.3 is 15.7 Å². The highest BCUT2D eigenvalue weighted by molar-refractivity contribution is 6.02. The number of aliphatic hydroxyl groups is 1. The van der Waals surface area contributed by atoms with Gasteiger partial charge in [0.15, 0.2) is 5.69 Å². The van der Waals surface area contributed by atoms with Crippen LogP contribution in [-0.4, -0.2) is 27.8 Å². The number of nitrogens with one attached hydrogen (secondary N) is 2. The molecule has 0 aliphatic rings. The number of carbonyl (C=O) groups excluding carboxylic acids is 1. The van der Waals surface area contributed by atoms with Gasteiger partial charge in [-0.1, -0.05) is 48.5 Å². The highest BCUT2D eigenvalue weighted by Crippen LogP contribution is 2.22. The van der Waals surface area contributed by atoms with Gasteiger partial charge in [-0.3, -0.25) is 4.79 Å². The van der Waals surface area contributed by atoms with Crippen molar-refractivity contribution in [2.45, 2.75) is 18.9 Å². The van der Waals surface area contributed by atoms with Crippen LogP contribution in [-0.2, 0) is 0 Å². The topological polar surface area (TPSA) is 87.1 Å². The average Bonchev–Trinajstić information content (AvgIpc) is 2.73. The average molecular weight is 362 g/mol. The minimum Gasteiger partial charge on any atom is -0.396 e. The summed E-state index contributed by atoms with van der Waals surface area (Å²) in [6, 6.07) is 22.6. The summed E-state index contributed by atoms with van der Waals surface area (Å²) in [6.45, 7) is 0.134. The number of carbonyl (C=O) groups is 1. The number of hydrogen-bond acceptors (Lipinski definition) is 5. The van der Waals surface area contributed by atoms with Gasteiger partial charge in [0.25, 0.3) is 5.91 Å². The van der Waals surface area contributed by atoms with E-state index in [4.69, 9.17) is 5.11 Å². The van der Waals surface area contributed by atoms with Crippen LogP contribution in [0.4, 0.5) is 11.5 Å². The molecule has 0 spiro atoms. The van der Waals surface area contributed by atoms with Crippen molar-refractivity contribution < 1.29 is 9.90 Å². The first-order chi connectivity index (χ1) is 13.3. The quantitative estimate of drug-likeness (QED) is 0.569. The van der Waals surface area contributed by atoms with E-state index in [-0.39, 0.29) is 24.2 Å². The predicted molar refractivity (Wildman–Crippen MR) is 106 cm³/mol. The molecule has 1 aromatic heterocycles. The molecule has 138 valence electrons. The fraction of sp³-hybridized carbons (Fsp3) is 0.190. The lowest BCUT2D eigenvalue weighted by atomic mass is 10.0. The molecule has 27 heavy (non-hydrogen) atoms. The van der Waals surface area contributed by atoms with Crippen LogP contribution >= 0.6 is 0 Å². The van der Waals surface area contributed by atoms with Gasteiger partial charge >= 0.3 is 0 Å². The lowest BCUT2D eigenvalue weighted by molar-refractivity contribution is 0.102. The Morgan fingerprint density at radius 1 is 0.926 bits per heavy atom. The molecule has 0 aliphatic carbocycles. The molecule has 1 heterocycles. The number of amides is 1. The number of aliphatic hydroxyl groups excluding tert-OH is 1.